The molecular formula is C36H33ClN8O2. The van der Waals surface area contributed by atoms with Crippen molar-refractivity contribution in [2.24, 2.45) is 23.7 Å². The number of imidazole rings is 1. The zero-order valence-electron chi connectivity index (χ0n) is 26.0. The summed E-state index contributed by atoms with van der Waals surface area (Å²) in [6, 6.07) is 12.4. The summed E-state index contributed by atoms with van der Waals surface area (Å²) in [6.07, 6.45) is 13.9. The van der Waals surface area contributed by atoms with Crippen molar-refractivity contribution in [3.05, 3.63) is 83.5 Å². The maximum Gasteiger partial charge on any atom is 0.254 e. The van der Waals surface area contributed by atoms with Crippen LogP contribution in [0.15, 0.2) is 67.4 Å². The van der Waals surface area contributed by atoms with Gasteiger partial charge in [-0.2, -0.15) is 5.10 Å². The number of aromatic nitrogens is 7. The number of carbonyl (C=O) groups excluding carboxylic acids is 1. The lowest BCUT2D eigenvalue weighted by Crippen LogP contribution is -2.53. The fourth-order valence-corrected chi connectivity index (χ4v) is 8.70. The summed E-state index contributed by atoms with van der Waals surface area (Å²) in [5.41, 5.74) is 5.93. The van der Waals surface area contributed by atoms with Crippen LogP contribution in [0.1, 0.15) is 41.6 Å². The van der Waals surface area contributed by atoms with Gasteiger partial charge in [0.25, 0.3) is 5.91 Å². The highest BCUT2D eigenvalue weighted by molar-refractivity contribution is 6.30. The topological polar surface area (TPSA) is 95.9 Å². The molecule has 3 unspecified atom stereocenters. The minimum atomic E-state index is 0.0857. The van der Waals surface area contributed by atoms with Crippen molar-refractivity contribution in [3.8, 4) is 23.0 Å². The van der Waals surface area contributed by atoms with Gasteiger partial charge in [0, 0.05) is 54.2 Å². The Morgan fingerprint density at radius 3 is 2.79 bits per heavy atom. The van der Waals surface area contributed by atoms with Gasteiger partial charge in [0.1, 0.15) is 16.9 Å². The van der Waals surface area contributed by atoms with Gasteiger partial charge in [-0.25, -0.2) is 14.6 Å². The molecule has 1 amide bonds. The number of likely N-dealkylation sites (tertiary alicyclic amines) is 1. The van der Waals surface area contributed by atoms with Gasteiger partial charge < -0.3 is 18.8 Å². The first-order valence-corrected chi connectivity index (χ1v) is 16.9. The average Bonchev–Trinajstić information content (AvgIpc) is 3.46. The lowest BCUT2D eigenvalue weighted by molar-refractivity contribution is -0.0204. The Morgan fingerprint density at radius 2 is 1.98 bits per heavy atom. The minimum Gasteiger partial charge on any atom is -0.494 e. The molecule has 0 radical (unpaired) electrons. The second-order valence-electron chi connectivity index (χ2n) is 13.8. The molecule has 5 aromatic heterocycles. The molecule has 47 heavy (non-hydrogen) atoms. The zero-order chi connectivity index (χ0) is 31.4. The highest BCUT2D eigenvalue weighted by Crippen LogP contribution is 2.60. The normalized spacial score (nSPS) is 22.8. The van der Waals surface area contributed by atoms with Crippen LogP contribution in [0.3, 0.4) is 0 Å². The molecule has 6 aromatic rings. The molecule has 10 nitrogen and oxygen atoms in total. The Kier molecular flexibility index (Phi) is 5.92. The molecule has 3 saturated carbocycles. The summed E-state index contributed by atoms with van der Waals surface area (Å²) in [6.45, 7) is 2.24. The van der Waals surface area contributed by atoms with E-state index >= 15 is 0 Å². The summed E-state index contributed by atoms with van der Waals surface area (Å²) in [5, 5.41) is 6.26. The fraction of sp³-hybridized carbons (Fsp3) is 0.361. The average molecular weight is 645 g/mol. The molecule has 0 bridgehead atoms. The van der Waals surface area contributed by atoms with Crippen molar-refractivity contribution in [1.82, 2.24) is 38.8 Å². The van der Waals surface area contributed by atoms with Crippen molar-refractivity contribution in [1.29, 1.82) is 0 Å². The Labute approximate surface area is 275 Å². The quantitative estimate of drug-likeness (QED) is 0.195. The highest BCUT2D eigenvalue weighted by atomic mass is 35.5. The molecule has 11 heteroatoms. The summed E-state index contributed by atoms with van der Waals surface area (Å²) in [4.78, 5) is 30.5. The predicted octanol–water partition coefficient (Wildman–Crippen LogP) is 6.23. The van der Waals surface area contributed by atoms with Crippen molar-refractivity contribution in [2.45, 2.75) is 44.8 Å². The number of fused-ring (bicyclic) bond motifs is 2. The van der Waals surface area contributed by atoms with E-state index in [2.05, 4.69) is 36.2 Å². The molecule has 6 heterocycles. The number of ether oxygens (including phenoxy) is 1. The van der Waals surface area contributed by atoms with Gasteiger partial charge in [-0.05, 0) is 85.8 Å². The number of nitrogens with zero attached hydrogens (tertiary/aromatic N) is 8. The largest absolute Gasteiger partial charge is 0.494 e. The van der Waals surface area contributed by atoms with Crippen molar-refractivity contribution in [2.75, 3.05) is 13.7 Å². The van der Waals surface area contributed by atoms with Crippen LogP contribution in [0.25, 0.3) is 39.3 Å². The van der Waals surface area contributed by atoms with Crippen LogP contribution < -0.4 is 4.74 Å². The van der Waals surface area contributed by atoms with Crippen LogP contribution in [0.4, 0.5) is 0 Å². The number of halogens is 1. The van der Waals surface area contributed by atoms with Gasteiger partial charge in [-0.15, -0.1) is 0 Å². The fourth-order valence-electron chi connectivity index (χ4n) is 8.53. The first-order chi connectivity index (χ1) is 23.0. The maximum atomic E-state index is 14.0. The van der Waals surface area contributed by atoms with Crippen LogP contribution in [-0.4, -0.2) is 64.4 Å². The molecule has 4 fully saturated rings. The van der Waals surface area contributed by atoms with E-state index in [1.54, 1.807) is 24.2 Å². The Bertz CT molecular complexity index is 2230. The number of pyridine rings is 2. The van der Waals surface area contributed by atoms with E-state index in [0.29, 0.717) is 46.7 Å². The molecule has 236 valence electrons. The van der Waals surface area contributed by atoms with Crippen LogP contribution in [0, 0.1) is 23.7 Å². The first-order valence-electron chi connectivity index (χ1n) is 16.5. The van der Waals surface area contributed by atoms with Crippen LogP contribution in [0.5, 0.6) is 5.75 Å². The van der Waals surface area contributed by atoms with E-state index in [1.165, 1.54) is 19.3 Å². The molecule has 0 N–H and O–H groups in total. The van der Waals surface area contributed by atoms with Crippen LogP contribution in [-0.2, 0) is 13.1 Å². The Hall–Kier alpha value is -4.70. The predicted molar refractivity (Wildman–Crippen MR) is 178 cm³/mol. The van der Waals surface area contributed by atoms with Crippen molar-refractivity contribution >= 4 is 39.6 Å². The number of hydrogen-bond acceptors (Lipinski definition) is 6. The molecule has 1 aromatic carbocycles. The second-order valence-corrected chi connectivity index (χ2v) is 14.3. The molecule has 1 saturated heterocycles. The highest BCUT2D eigenvalue weighted by Gasteiger charge is 2.61. The Balaban J connectivity index is 1.12. The molecular weight excluding hydrogens is 612 g/mol. The summed E-state index contributed by atoms with van der Waals surface area (Å²) < 4.78 is 12.4. The van der Waals surface area contributed by atoms with E-state index in [4.69, 9.17) is 26.3 Å². The monoisotopic (exact) mass is 644 g/mol. The molecule has 4 atom stereocenters. The zero-order valence-corrected chi connectivity index (χ0v) is 26.7. The van der Waals surface area contributed by atoms with E-state index in [1.807, 2.05) is 42.9 Å². The summed E-state index contributed by atoms with van der Waals surface area (Å²) in [7, 11) is 1.67. The van der Waals surface area contributed by atoms with E-state index < -0.39 is 0 Å². The third-order valence-corrected chi connectivity index (χ3v) is 11.2. The molecule has 0 spiro atoms. The number of benzene rings is 1. The Morgan fingerprint density at radius 1 is 1.06 bits per heavy atom. The third-order valence-electron chi connectivity index (χ3n) is 11.0. The summed E-state index contributed by atoms with van der Waals surface area (Å²) >= 11 is 6.23. The van der Waals surface area contributed by atoms with Crippen molar-refractivity contribution < 1.29 is 9.53 Å². The number of hydrogen-bond donors (Lipinski definition) is 0. The molecule has 1 aliphatic heterocycles. The van der Waals surface area contributed by atoms with Gasteiger partial charge in [-0.3, -0.25) is 9.78 Å². The van der Waals surface area contributed by atoms with Crippen molar-refractivity contribution in [3.63, 3.8) is 0 Å². The number of rotatable bonds is 8. The maximum absolute atomic E-state index is 14.0. The van der Waals surface area contributed by atoms with Crippen LogP contribution in [0.2, 0.25) is 5.02 Å². The van der Waals surface area contributed by atoms with E-state index in [9.17, 15) is 4.79 Å². The molecule has 10 rings (SSSR count). The van der Waals surface area contributed by atoms with Gasteiger partial charge in [-0.1, -0.05) is 11.6 Å². The second kappa shape index (κ2) is 10.1. The lowest BCUT2D eigenvalue weighted by atomic mass is 9.53. The number of amides is 1. The van der Waals surface area contributed by atoms with Gasteiger partial charge in [0.15, 0.2) is 5.82 Å². The third kappa shape index (κ3) is 4.26. The van der Waals surface area contributed by atoms with Gasteiger partial charge in [0.2, 0.25) is 0 Å². The molecule has 3 aliphatic carbocycles. The molecule has 4 aliphatic rings. The minimum absolute atomic E-state index is 0.0857. The van der Waals surface area contributed by atoms with E-state index in [0.717, 1.165) is 70.3 Å². The smallest absolute Gasteiger partial charge is 0.254 e. The van der Waals surface area contributed by atoms with Gasteiger partial charge >= 0.3 is 0 Å². The first kappa shape index (κ1) is 27.4. The lowest BCUT2D eigenvalue weighted by Gasteiger charge is -2.52. The number of methoxy groups -OCH3 is 1. The summed E-state index contributed by atoms with van der Waals surface area (Å²) in [5.74, 6) is 4.37. The SMILES string of the molecule is COc1cc(C(=O)N2CC3CC4CC2[C@H]43)cc2nc(-c3cc4cccnc4n3CC3CC3)n(Cc3cnn(-c4cncc(Cl)c4)c3)c12. The van der Waals surface area contributed by atoms with Gasteiger partial charge in [0.05, 0.1) is 48.0 Å². The van der Waals surface area contributed by atoms with E-state index in [-0.39, 0.29) is 5.91 Å². The van der Waals surface area contributed by atoms with Crippen LogP contribution >= 0.6 is 11.6 Å². The number of carbonyl (C=O) groups is 1. The standard InChI is InChI=1S/C36H33ClN8O2/c1-47-31-11-24(36(46)43-19-25-7-23-10-29(43)32(23)25)8-28-33(31)44(17-21-13-40-45(18-21)27-12-26(37)14-38-15-27)35(41-28)30-9-22-3-2-6-39-34(22)42(30)16-20-4-5-20/h2-3,6,8-9,11-15,18,20,23,25,29,32H,4-5,7,10,16-17,19H2,1H3/t23?,25?,29?,32-/m1/s1.